The third kappa shape index (κ3) is 5.19. The smallest absolute Gasteiger partial charge is 0.165 e. The summed E-state index contributed by atoms with van der Waals surface area (Å²) in [6.45, 7) is 5.23. The molecule has 0 aromatic heterocycles. The molecule has 0 aliphatic carbocycles. The summed E-state index contributed by atoms with van der Waals surface area (Å²) in [7, 11) is 1.51. The molecule has 0 aliphatic heterocycles. The van der Waals surface area contributed by atoms with E-state index in [1.54, 1.807) is 0 Å². The van der Waals surface area contributed by atoms with Gasteiger partial charge in [-0.2, -0.15) is 0 Å². The third-order valence-corrected chi connectivity index (χ3v) is 3.37. The van der Waals surface area contributed by atoms with Gasteiger partial charge in [-0.3, -0.25) is 0 Å². The van der Waals surface area contributed by atoms with Gasteiger partial charge in [-0.25, -0.2) is 4.39 Å². The quantitative estimate of drug-likeness (QED) is 0.667. The number of benzene rings is 1. The molecule has 1 atom stereocenters. The monoisotopic (exact) mass is 267 g/mol. The zero-order valence-corrected chi connectivity index (χ0v) is 12.3. The van der Waals surface area contributed by atoms with Crippen LogP contribution in [0, 0.1) is 5.82 Å². The molecular weight excluding hydrogens is 241 g/mol. The van der Waals surface area contributed by atoms with Crippen LogP contribution in [0.5, 0.6) is 5.75 Å². The van der Waals surface area contributed by atoms with E-state index in [0.717, 1.165) is 18.5 Å². The fraction of sp³-hybridized carbons (Fsp3) is 0.625. The number of unbranched alkanes of at least 4 members (excludes halogenated alkanes) is 3. The lowest BCUT2D eigenvalue weighted by molar-refractivity contribution is 0.384. The van der Waals surface area contributed by atoms with Gasteiger partial charge in [0.05, 0.1) is 7.11 Å². The lowest BCUT2D eigenvalue weighted by Gasteiger charge is -2.19. The van der Waals surface area contributed by atoms with Crippen molar-refractivity contribution in [2.45, 2.75) is 52.0 Å². The molecule has 1 aromatic carbocycles. The first-order chi connectivity index (χ1) is 9.22. The van der Waals surface area contributed by atoms with E-state index in [1.807, 2.05) is 12.1 Å². The summed E-state index contributed by atoms with van der Waals surface area (Å²) in [5.41, 5.74) is 1.11. The van der Waals surface area contributed by atoms with Crippen LogP contribution in [0.3, 0.4) is 0 Å². The minimum Gasteiger partial charge on any atom is -0.494 e. The summed E-state index contributed by atoms with van der Waals surface area (Å²) in [6.07, 6.45) is 6.08. The van der Waals surface area contributed by atoms with Crippen LogP contribution in [0.4, 0.5) is 4.39 Å². The summed E-state index contributed by atoms with van der Waals surface area (Å²) in [6, 6.07) is 5.44. The number of methoxy groups -OCH3 is 1. The minimum absolute atomic E-state index is 0.288. The van der Waals surface area contributed by atoms with Crippen molar-refractivity contribution in [3.05, 3.63) is 29.6 Å². The molecule has 0 radical (unpaired) electrons. The molecule has 0 heterocycles. The topological polar surface area (TPSA) is 21.3 Å². The second kappa shape index (κ2) is 8.92. The van der Waals surface area contributed by atoms with Crippen molar-refractivity contribution < 1.29 is 9.13 Å². The van der Waals surface area contributed by atoms with Gasteiger partial charge in [-0.15, -0.1) is 0 Å². The number of nitrogens with one attached hydrogen (secondary N) is 1. The Kier molecular flexibility index (Phi) is 7.49. The average molecular weight is 267 g/mol. The molecule has 2 nitrogen and oxygen atoms in total. The fourth-order valence-electron chi connectivity index (χ4n) is 2.30. The van der Waals surface area contributed by atoms with Crippen LogP contribution < -0.4 is 10.1 Å². The number of halogens is 1. The highest BCUT2D eigenvalue weighted by atomic mass is 19.1. The summed E-state index contributed by atoms with van der Waals surface area (Å²) < 4.78 is 18.5. The zero-order chi connectivity index (χ0) is 14.1. The van der Waals surface area contributed by atoms with Gasteiger partial charge in [-0.1, -0.05) is 45.6 Å². The van der Waals surface area contributed by atoms with Crippen molar-refractivity contribution in [2.75, 3.05) is 13.7 Å². The van der Waals surface area contributed by atoms with Gasteiger partial charge in [0, 0.05) is 6.04 Å². The van der Waals surface area contributed by atoms with Gasteiger partial charge in [-0.05, 0) is 30.7 Å². The van der Waals surface area contributed by atoms with Crippen molar-refractivity contribution in [2.24, 2.45) is 0 Å². The molecular formula is C16H26FNO. The Morgan fingerprint density at radius 3 is 2.63 bits per heavy atom. The van der Waals surface area contributed by atoms with Crippen LogP contribution in [0.1, 0.15) is 57.6 Å². The van der Waals surface area contributed by atoms with Crippen LogP contribution >= 0.6 is 0 Å². The van der Waals surface area contributed by atoms with Crippen LogP contribution in [-0.2, 0) is 0 Å². The summed E-state index contributed by atoms with van der Waals surface area (Å²) in [5.74, 6) is 0.0291. The molecule has 1 N–H and O–H groups in total. The summed E-state index contributed by atoms with van der Waals surface area (Å²) >= 11 is 0. The number of hydrogen-bond acceptors (Lipinski definition) is 2. The lowest BCUT2D eigenvalue weighted by Crippen LogP contribution is -2.21. The van der Waals surface area contributed by atoms with E-state index in [4.69, 9.17) is 4.74 Å². The first kappa shape index (κ1) is 16.0. The predicted molar refractivity (Wildman–Crippen MR) is 78.1 cm³/mol. The van der Waals surface area contributed by atoms with Crippen molar-refractivity contribution in [3.63, 3.8) is 0 Å². The van der Waals surface area contributed by atoms with Crippen molar-refractivity contribution in [1.82, 2.24) is 5.32 Å². The van der Waals surface area contributed by atoms with E-state index in [2.05, 4.69) is 19.2 Å². The molecule has 1 aromatic rings. The van der Waals surface area contributed by atoms with E-state index < -0.39 is 0 Å². The molecule has 0 bridgehead atoms. The van der Waals surface area contributed by atoms with Crippen LogP contribution in [0.15, 0.2) is 18.2 Å². The zero-order valence-electron chi connectivity index (χ0n) is 12.3. The normalized spacial score (nSPS) is 12.4. The van der Waals surface area contributed by atoms with Gasteiger partial charge in [0.1, 0.15) is 0 Å². The minimum atomic E-state index is -0.299. The third-order valence-electron chi connectivity index (χ3n) is 3.37. The highest BCUT2D eigenvalue weighted by Gasteiger charge is 2.12. The van der Waals surface area contributed by atoms with E-state index in [0.29, 0.717) is 5.75 Å². The number of rotatable bonds is 9. The lowest BCUT2D eigenvalue weighted by atomic mass is 9.99. The maximum absolute atomic E-state index is 13.4. The Labute approximate surface area is 116 Å². The SMILES string of the molecule is CCCCCCC(NCC)c1ccc(F)c(OC)c1. The average Bonchev–Trinajstić information content (AvgIpc) is 2.43. The Bertz CT molecular complexity index is 368. The molecule has 0 amide bonds. The molecule has 1 unspecified atom stereocenters. The highest BCUT2D eigenvalue weighted by Crippen LogP contribution is 2.26. The Hall–Kier alpha value is -1.09. The second-order valence-corrected chi connectivity index (χ2v) is 4.85. The van der Waals surface area contributed by atoms with Crippen molar-refractivity contribution in [3.8, 4) is 5.75 Å². The largest absolute Gasteiger partial charge is 0.494 e. The molecule has 0 saturated heterocycles. The molecule has 0 fully saturated rings. The Morgan fingerprint density at radius 1 is 1.21 bits per heavy atom. The maximum Gasteiger partial charge on any atom is 0.165 e. The van der Waals surface area contributed by atoms with Gasteiger partial charge in [0.2, 0.25) is 0 Å². The highest BCUT2D eigenvalue weighted by molar-refractivity contribution is 5.32. The molecule has 108 valence electrons. The molecule has 3 heteroatoms. The van der Waals surface area contributed by atoms with Gasteiger partial charge >= 0.3 is 0 Å². The summed E-state index contributed by atoms with van der Waals surface area (Å²) in [4.78, 5) is 0. The molecule has 0 saturated carbocycles. The van der Waals surface area contributed by atoms with Crippen LogP contribution in [0.25, 0.3) is 0 Å². The number of ether oxygens (including phenoxy) is 1. The fourth-order valence-corrected chi connectivity index (χ4v) is 2.30. The van der Waals surface area contributed by atoms with E-state index >= 15 is 0 Å². The van der Waals surface area contributed by atoms with E-state index in [9.17, 15) is 4.39 Å². The first-order valence-corrected chi connectivity index (χ1v) is 7.29. The van der Waals surface area contributed by atoms with E-state index in [-0.39, 0.29) is 11.9 Å². The van der Waals surface area contributed by atoms with Gasteiger partial charge in [0.15, 0.2) is 11.6 Å². The Balaban J connectivity index is 2.68. The van der Waals surface area contributed by atoms with Gasteiger partial charge in [0.25, 0.3) is 0 Å². The maximum atomic E-state index is 13.4. The molecule has 19 heavy (non-hydrogen) atoms. The Morgan fingerprint density at radius 2 is 2.00 bits per heavy atom. The standard InChI is InChI=1S/C16H26FNO/c1-4-6-7-8-9-15(18-5-2)13-10-11-14(17)16(12-13)19-3/h10-12,15,18H,4-9H2,1-3H3. The molecule has 0 spiro atoms. The van der Waals surface area contributed by atoms with Crippen molar-refractivity contribution in [1.29, 1.82) is 0 Å². The van der Waals surface area contributed by atoms with Gasteiger partial charge < -0.3 is 10.1 Å². The van der Waals surface area contributed by atoms with Crippen molar-refractivity contribution >= 4 is 0 Å². The second-order valence-electron chi connectivity index (χ2n) is 4.85. The van der Waals surface area contributed by atoms with Crippen LogP contribution in [-0.4, -0.2) is 13.7 Å². The van der Waals surface area contributed by atoms with E-state index in [1.165, 1.54) is 38.9 Å². The number of hydrogen-bond donors (Lipinski definition) is 1. The first-order valence-electron chi connectivity index (χ1n) is 7.29. The summed E-state index contributed by atoms with van der Waals surface area (Å²) in [5, 5.41) is 3.47. The predicted octanol–water partition coefficient (Wildman–Crippen LogP) is 4.46. The van der Waals surface area contributed by atoms with Crippen LogP contribution in [0.2, 0.25) is 0 Å². The molecule has 1 rings (SSSR count). The molecule has 0 aliphatic rings.